The van der Waals surface area contributed by atoms with Gasteiger partial charge in [-0.25, -0.2) is 4.98 Å². The van der Waals surface area contributed by atoms with Crippen molar-refractivity contribution in [3.63, 3.8) is 0 Å². The average molecular weight is 352 g/mol. The lowest BCUT2D eigenvalue weighted by Crippen LogP contribution is -2.33. The topological polar surface area (TPSA) is 70.2 Å². The van der Waals surface area contributed by atoms with Crippen LogP contribution in [0.3, 0.4) is 0 Å². The van der Waals surface area contributed by atoms with Crippen molar-refractivity contribution in [1.29, 1.82) is 5.26 Å². The fourth-order valence-corrected chi connectivity index (χ4v) is 3.65. The predicted molar refractivity (Wildman–Crippen MR) is 101 cm³/mol. The van der Waals surface area contributed by atoms with Crippen molar-refractivity contribution in [3.8, 4) is 6.07 Å². The summed E-state index contributed by atoms with van der Waals surface area (Å²) in [4.78, 5) is 16.7. The molecule has 25 heavy (non-hydrogen) atoms. The fourth-order valence-electron chi connectivity index (χ4n) is 2.72. The zero-order valence-corrected chi connectivity index (χ0v) is 15.4. The maximum absolute atomic E-state index is 12.1. The third-order valence-electron chi connectivity index (χ3n) is 4.22. The molecule has 0 saturated carbocycles. The zero-order chi connectivity index (χ0) is 18.0. The highest BCUT2D eigenvalue weighted by Gasteiger charge is 2.16. The van der Waals surface area contributed by atoms with Crippen LogP contribution in [0.1, 0.15) is 31.4 Å². The molecule has 0 saturated heterocycles. The minimum Gasteiger partial charge on any atom is -0.353 e. The molecule has 6 heteroatoms. The van der Waals surface area contributed by atoms with E-state index in [4.69, 9.17) is 0 Å². The molecule has 0 aliphatic rings. The molecule has 0 aliphatic heterocycles. The van der Waals surface area contributed by atoms with E-state index in [9.17, 15) is 10.1 Å². The molecular formula is C19H20N4OS. The van der Waals surface area contributed by atoms with Crippen LogP contribution in [0.5, 0.6) is 0 Å². The van der Waals surface area contributed by atoms with E-state index in [-0.39, 0.29) is 11.9 Å². The number of thioether (sulfide) groups is 1. The van der Waals surface area contributed by atoms with Crippen LogP contribution in [0.4, 0.5) is 0 Å². The normalized spacial score (nSPS) is 12.2. The van der Waals surface area contributed by atoms with Gasteiger partial charge in [-0.3, -0.25) is 9.20 Å². The van der Waals surface area contributed by atoms with Gasteiger partial charge < -0.3 is 5.32 Å². The first kappa shape index (κ1) is 17.3. The van der Waals surface area contributed by atoms with Crippen molar-refractivity contribution >= 4 is 34.3 Å². The highest BCUT2D eigenvalue weighted by atomic mass is 32.2. The van der Waals surface area contributed by atoms with E-state index in [1.165, 1.54) is 11.8 Å². The minimum atomic E-state index is 0.0129. The minimum absolute atomic E-state index is 0.0129. The summed E-state index contributed by atoms with van der Waals surface area (Å²) in [7, 11) is 0. The molecule has 1 atom stereocenters. The molecule has 3 rings (SSSR count). The van der Waals surface area contributed by atoms with Gasteiger partial charge in [0.1, 0.15) is 6.07 Å². The lowest BCUT2D eigenvalue weighted by atomic mass is 10.2. The number of hydrogen-bond acceptors (Lipinski definition) is 4. The van der Waals surface area contributed by atoms with Crippen molar-refractivity contribution in [2.45, 2.75) is 38.3 Å². The predicted octanol–water partition coefficient (Wildman–Crippen LogP) is 3.67. The fraction of sp³-hybridized carbons (Fsp3) is 0.316. The molecular weight excluding hydrogens is 332 g/mol. The number of nitrogens with one attached hydrogen (secondary N) is 1. The molecule has 5 nitrogen and oxygen atoms in total. The molecule has 1 N–H and O–H groups in total. The number of aromatic nitrogens is 2. The number of benzene rings is 1. The largest absolute Gasteiger partial charge is 0.353 e. The van der Waals surface area contributed by atoms with Gasteiger partial charge in [0, 0.05) is 6.04 Å². The van der Waals surface area contributed by atoms with Crippen molar-refractivity contribution < 1.29 is 4.79 Å². The number of hydrogen-bond donors (Lipinski definition) is 1. The van der Waals surface area contributed by atoms with Gasteiger partial charge in [-0.2, -0.15) is 5.26 Å². The number of para-hydroxylation sites is 2. The number of amides is 1. The summed E-state index contributed by atoms with van der Waals surface area (Å²) in [5.74, 6) is 0.344. The van der Waals surface area contributed by atoms with Gasteiger partial charge in [-0.1, -0.05) is 30.8 Å². The number of fused-ring (bicyclic) bond motifs is 3. The summed E-state index contributed by atoms with van der Waals surface area (Å²) in [5.41, 5.74) is 3.88. The Morgan fingerprint density at radius 3 is 2.92 bits per heavy atom. The van der Waals surface area contributed by atoms with E-state index in [0.29, 0.717) is 17.0 Å². The van der Waals surface area contributed by atoms with Crippen molar-refractivity contribution in [1.82, 2.24) is 14.7 Å². The van der Waals surface area contributed by atoms with Gasteiger partial charge in [-0.05, 0) is 44.0 Å². The lowest BCUT2D eigenvalue weighted by molar-refractivity contribution is -0.119. The van der Waals surface area contributed by atoms with E-state index in [2.05, 4.69) is 16.4 Å². The second kappa shape index (κ2) is 7.16. The van der Waals surface area contributed by atoms with Crippen LogP contribution >= 0.6 is 11.8 Å². The van der Waals surface area contributed by atoms with Crippen molar-refractivity contribution in [2.24, 2.45) is 0 Å². The smallest absolute Gasteiger partial charge is 0.230 e. The SMILES string of the molecule is CCC(C)NC(=O)CSc1cc(C)c(C#N)c2nc3ccccc3n12. The van der Waals surface area contributed by atoms with E-state index in [1.807, 2.05) is 55.5 Å². The number of imidazole rings is 1. The van der Waals surface area contributed by atoms with Gasteiger partial charge in [0.15, 0.2) is 5.65 Å². The number of carbonyl (C=O) groups excluding carboxylic acids is 1. The monoisotopic (exact) mass is 352 g/mol. The van der Waals surface area contributed by atoms with Crippen LogP contribution in [0.25, 0.3) is 16.7 Å². The Morgan fingerprint density at radius 2 is 2.20 bits per heavy atom. The summed E-state index contributed by atoms with van der Waals surface area (Å²) in [6, 6.07) is 12.2. The maximum atomic E-state index is 12.1. The van der Waals surface area contributed by atoms with E-state index < -0.39 is 0 Å². The first-order valence-corrected chi connectivity index (χ1v) is 9.26. The Balaban J connectivity index is 2.03. The summed E-state index contributed by atoms with van der Waals surface area (Å²) >= 11 is 1.46. The molecule has 0 bridgehead atoms. The van der Waals surface area contributed by atoms with Crippen LogP contribution in [-0.4, -0.2) is 27.1 Å². The van der Waals surface area contributed by atoms with Gasteiger partial charge >= 0.3 is 0 Å². The molecule has 1 aromatic carbocycles. The van der Waals surface area contributed by atoms with Gasteiger partial charge in [0.05, 0.1) is 27.4 Å². The third-order valence-corrected chi connectivity index (χ3v) is 5.22. The Kier molecular flexibility index (Phi) is 4.95. The van der Waals surface area contributed by atoms with Crippen LogP contribution in [-0.2, 0) is 4.79 Å². The molecule has 1 amide bonds. The highest BCUT2D eigenvalue weighted by molar-refractivity contribution is 7.99. The second-order valence-electron chi connectivity index (χ2n) is 6.08. The van der Waals surface area contributed by atoms with Gasteiger partial charge in [0.25, 0.3) is 0 Å². The Morgan fingerprint density at radius 1 is 1.44 bits per heavy atom. The van der Waals surface area contributed by atoms with E-state index in [1.54, 1.807) is 0 Å². The molecule has 0 spiro atoms. The van der Waals surface area contributed by atoms with Crippen LogP contribution < -0.4 is 5.32 Å². The highest BCUT2D eigenvalue weighted by Crippen LogP contribution is 2.29. The second-order valence-corrected chi connectivity index (χ2v) is 7.07. The first-order valence-electron chi connectivity index (χ1n) is 8.28. The number of pyridine rings is 1. The quantitative estimate of drug-likeness (QED) is 0.711. The zero-order valence-electron chi connectivity index (χ0n) is 14.5. The van der Waals surface area contributed by atoms with Crippen LogP contribution in [0.2, 0.25) is 0 Å². The van der Waals surface area contributed by atoms with Crippen LogP contribution in [0.15, 0.2) is 35.4 Å². The Labute approximate surface area is 151 Å². The van der Waals surface area contributed by atoms with E-state index in [0.717, 1.165) is 28.0 Å². The molecule has 0 fully saturated rings. The molecule has 3 aromatic rings. The number of aryl methyl sites for hydroxylation is 1. The first-order chi connectivity index (χ1) is 12.0. The molecule has 1 unspecified atom stereocenters. The van der Waals surface area contributed by atoms with Crippen molar-refractivity contribution in [2.75, 3.05) is 5.75 Å². The molecule has 0 radical (unpaired) electrons. The van der Waals surface area contributed by atoms with Gasteiger partial charge in [-0.15, -0.1) is 0 Å². The maximum Gasteiger partial charge on any atom is 0.230 e. The summed E-state index contributed by atoms with van der Waals surface area (Å²) < 4.78 is 1.97. The Hall–Kier alpha value is -2.52. The average Bonchev–Trinajstić information content (AvgIpc) is 2.98. The summed E-state index contributed by atoms with van der Waals surface area (Å²) in [6.45, 7) is 5.94. The number of carbonyl (C=O) groups is 1. The molecule has 0 aliphatic carbocycles. The lowest BCUT2D eigenvalue weighted by Gasteiger charge is -2.12. The third kappa shape index (κ3) is 3.33. The summed E-state index contributed by atoms with van der Waals surface area (Å²) in [5, 5.41) is 13.4. The standard InChI is InChI=1S/C19H20N4OS/c1-4-13(3)21-17(24)11-25-18-9-12(2)14(10-20)19-22-15-7-5-6-8-16(15)23(18)19/h5-9,13H,4,11H2,1-3H3,(H,21,24). The molecule has 2 heterocycles. The molecule has 2 aromatic heterocycles. The number of nitrogens with zero attached hydrogens (tertiary/aromatic N) is 3. The van der Waals surface area contributed by atoms with Gasteiger partial charge in [0.2, 0.25) is 5.91 Å². The number of nitriles is 1. The molecule has 128 valence electrons. The number of rotatable bonds is 5. The Bertz CT molecular complexity index is 986. The van der Waals surface area contributed by atoms with Crippen LogP contribution in [0, 0.1) is 18.3 Å². The van der Waals surface area contributed by atoms with Crippen molar-refractivity contribution in [3.05, 3.63) is 41.5 Å². The van der Waals surface area contributed by atoms with E-state index >= 15 is 0 Å². The summed E-state index contributed by atoms with van der Waals surface area (Å²) in [6.07, 6.45) is 0.906.